The van der Waals surface area contributed by atoms with Crippen LogP contribution in [-0.4, -0.2) is 28.4 Å². The normalized spacial score (nSPS) is 11.4. The number of esters is 1. The number of nitrogens with zero attached hydrogens (tertiary/aromatic N) is 3. The molecule has 0 N–H and O–H groups in total. The fourth-order valence-corrected chi connectivity index (χ4v) is 3.85. The molecule has 0 radical (unpaired) electrons. The number of aryl methyl sites for hydroxylation is 1. The Bertz CT molecular complexity index is 1540. The van der Waals surface area contributed by atoms with Crippen molar-refractivity contribution in [2.24, 2.45) is 0 Å². The number of rotatable bonds is 8. The summed E-state index contributed by atoms with van der Waals surface area (Å²) in [6.07, 6.45) is 1.74. The Morgan fingerprint density at radius 2 is 1.62 bits per heavy atom. The molecule has 37 heavy (non-hydrogen) atoms. The standard InChI is InChI=1S/C29H23N3O5/c1-19-26(27(32-37-19)21-13-7-4-8-14-21)28-31-30-25(36-28)18-35-29(33)23(20-11-5-3-6-12-20)17-22-15-9-10-16-24(22)34-2/h3-17H,18H2,1-2H3/b23-17+. The Balaban J connectivity index is 1.38. The van der Waals surface area contributed by atoms with Gasteiger partial charge in [-0.25, -0.2) is 4.79 Å². The third-order valence-electron chi connectivity index (χ3n) is 5.66. The quantitative estimate of drug-likeness (QED) is 0.148. The highest BCUT2D eigenvalue weighted by Crippen LogP contribution is 2.33. The zero-order valence-corrected chi connectivity index (χ0v) is 20.3. The van der Waals surface area contributed by atoms with Gasteiger partial charge in [-0.1, -0.05) is 84.0 Å². The van der Waals surface area contributed by atoms with E-state index < -0.39 is 5.97 Å². The molecule has 0 saturated heterocycles. The number of benzene rings is 3. The Hall–Kier alpha value is -4.98. The van der Waals surface area contributed by atoms with E-state index in [1.54, 1.807) is 20.1 Å². The van der Waals surface area contributed by atoms with Gasteiger partial charge in [-0.3, -0.25) is 0 Å². The van der Waals surface area contributed by atoms with Gasteiger partial charge in [-0.2, -0.15) is 0 Å². The highest BCUT2D eigenvalue weighted by atomic mass is 16.5. The van der Waals surface area contributed by atoms with Crippen molar-refractivity contribution in [3.05, 3.63) is 108 Å². The molecule has 2 aromatic heterocycles. The molecular weight excluding hydrogens is 470 g/mol. The van der Waals surface area contributed by atoms with Crippen molar-refractivity contribution in [1.82, 2.24) is 15.4 Å². The summed E-state index contributed by atoms with van der Waals surface area (Å²) in [7, 11) is 1.58. The third-order valence-corrected chi connectivity index (χ3v) is 5.66. The van der Waals surface area contributed by atoms with Crippen LogP contribution in [0.25, 0.3) is 34.4 Å². The molecule has 0 atom stereocenters. The van der Waals surface area contributed by atoms with Gasteiger partial charge in [0.1, 0.15) is 22.8 Å². The van der Waals surface area contributed by atoms with E-state index in [2.05, 4.69) is 15.4 Å². The minimum atomic E-state index is -0.539. The van der Waals surface area contributed by atoms with Gasteiger partial charge >= 0.3 is 5.97 Å². The van der Waals surface area contributed by atoms with E-state index >= 15 is 0 Å². The SMILES string of the molecule is COc1ccccc1/C=C(/C(=O)OCc1nnc(-c2c(-c3ccccc3)noc2C)o1)c1ccccc1. The molecule has 184 valence electrons. The second kappa shape index (κ2) is 10.7. The largest absolute Gasteiger partial charge is 0.496 e. The first-order valence-corrected chi connectivity index (χ1v) is 11.6. The van der Waals surface area contributed by atoms with E-state index in [9.17, 15) is 4.79 Å². The minimum Gasteiger partial charge on any atom is -0.496 e. The maximum Gasteiger partial charge on any atom is 0.339 e. The molecule has 0 spiro atoms. The number of carbonyl (C=O) groups excluding carboxylic acids is 1. The zero-order valence-electron chi connectivity index (χ0n) is 20.3. The number of methoxy groups -OCH3 is 1. The number of carbonyl (C=O) groups is 1. The molecule has 5 aromatic rings. The van der Waals surface area contributed by atoms with Gasteiger partial charge in [0.25, 0.3) is 11.8 Å². The topological polar surface area (TPSA) is 100 Å². The molecule has 0 aliphatic carbocycles. The zero-order chi connectivity index (χ0) is 25.6. The summed E-state index contributed by atoms with van der Waals surface area (Å²) in [6.45, 7) is 1.57. The molecule has 0 unspecified atom stereocenters. The highest BCUT2D eigenvalue weighted by Gasteiger charge is 2.23. The number of aromatic nitrogens is 3. The molecule has 2 heterocycles. The lowest BCUT2D eigenvalue weighted by atomic mass is 10.0. The van der Waals surface area contributed by atoms with Crippen molar-refractivity contribution in [3.63, 3.8) is 0 Å². The molecule has 5 rings (SSSR count). The van der Waals surface area contributed by atoms with Crippen LogP contribution in [0.1, 0.15) is 22.8 Å². The molecule has 0 saturated carbocycles. The fourth-order valence-electron chi connectivity index (χ4n) is 3.85. The van der Waals surface area contributed by atoms with Gasteiger partial charge in [-0.15, -0.1) is 10.2 Å². The van der Waals surface area contributed by atoms with Crippen LogP contribution in [0.5, 0.6) is 5.75 Å². The van der Waals surface area contributed by atoms with Crippen molar-refractivity contribution < 1.29 is 23.2 Å². The van der Waals surface area contributed by atoms with Gasteiger partial charge in [0.05, 0.1) is 12.7 Å². The van der Waals surface area contributed by atoms with Crippen molar-refractivity contribution in [1.29, 1.82) is 0 Å². The number of ether oxygens (including phenoxy) is 2. The number of hydrogen-bond donors (Lipinski definition) is 0. The Morgan fingerprint density at radius 3 is 2.38 bits per heavy atom. The summed E-state index contributed by atoms with van der Waals surface area (Å²) >= 11 is 0. The molecule has 3 aromatic carbocycles. The van der Waals surface area contributed by atoms with E-state index in [0.29, 0.717) is 33.9 Å². The van der Waals surface area contributed by atoms with Crippen molar-refractivity contribution in [2.45, 2.75) is 13.5 Å². The molecule has 0 amide bonds. The summed E-state index contributed by atoms with van der Waals surface area (Å²) in [5.41, 5.74) is 3.86. The van der Waals surface area contributed by atoms with E-state index in [0.717, 1.165) is 11.1 Å². The van der Waals surface area contributed by atoms with Crippen LogP contribution in [-0.2, 0) is 16.1 Å². The number of para-hydroxylation sites is 1. The van der Waals surface area contributed by atoms with Gasteiger partial charge < -0.3 is 18.4 Å². The van der Waals surface area contributed by atoms with Crippen LogP contribution in [0.2, 0.25) is 0 Å². The van der Waals surface area contributed by atoms with E-state index in [4.69, 9.17) is 18.4 Å². The maximum absolute atomic E-state index is 13.2. The van der Waals surface area contributed by atoms with E-state index in [1.807, 2.05) is 84.9 Å². The molecular formula is C29H23N3O5. The second-order valence-corrected chi connectivity index (χ2v) is 8.07. The molecule has 0 aliphatic heterocycles. The summed E-state index contributed by atoms with van der Waals surface area (Å²) in [5.74, 6) is 1.02. The first-order valence-electron chi connectivity index (χ1n) is 11.6. The van der Waals surface area contributed by atoms with Gasteiger partial charge in [0.15, 0.2) is 6.61 Å². The molecule has 8 nitrogen and oxygen atoms in total. The lowest BCUT2D eigenvalue weighted by Gasteiger charge is -2.10. The first kappa shape index (κ1) is 23.7. The minimum absolute atomic E-state index is 0.146. The lowest BCUT2D eigenvalue weighted by molar-refractivity contribution is -0.138. The summed E-state index contributed by atoms with van der Waals surface area (Å²) < 4.78 is 22.2. The monoisotopic (exact) mass is 493 g/mol. The summed E-state index contributed by atoms with van der Waals surface area (Å²) in [5, 5.41) is 12.3. The van der Waals surface area contributed by atoms with E-state index in [1.165, 1.54) is 0 Å². The predicted molar refractivity (Wildman–Crippen MR) is 137 cm³/mol. The highest BCUT2D eigenvalue weighted by molar-refractivity contribution is 6.21. The van der Waals surface area contributed by atoms with Crippen LogP contribution in [0.3, 0.4) is 0 Å². The average Bonchev–Trinajstić information content (AvgIpc) is 3.57. The van der Waals surface area contributed by atoms with Crippen LogP contribution in [0.4, 0.5) is 0 Å². The second-order valence-electron chi connectivity index (χ2n) is 8.07. The Kier molecular flexibility index (Phi) is 6.89. The maximum atomic E-state index is 13.2. The Labute approximate surface area is 213 Å². The smallest absolute Gasteiger partial charge is 0.339 e. The number of hydrogen-bond acceptors (Lipinski definition) is 8. The predicted octanol–water partition coefficient (Wildman–Crippen LogP) is 5.99. The molecule has 0 aliphatic rings. The van der Waals surface area contributed by atoms with Crippen molar-refractivity contribution in [3.8, 4) is 28.5 Å². The lowest BCUT2D eigenvalue weighted by Crippen LogP contribution is -2.08. The fraction of sp³-hybridized carbons (Fsp3) is 0.103. The van der Waals surface area contributed by atoms with Gasteiger partial charge in [0.2, 0.25) is 0 Å². The van der Waals surface area contributed by atoms with Crippen molar-refractivity contribution in [2.75, 3.05) is 7.11 Å². The first-order chi connectivity index (χ1) is 18.1. The van der Waals surface area contributed by atoms with Crippen molar-refractivity contribution >= 4 is 17.6 Å². The third kappa shape index (κ3) is 5.18. The summed E-state index contributed by atoms with van der Waals surface area (Å²) in [6, 6.07) is 26.3. The van der Waals surface area contributed by atoms with Gasteiger partial charge in [-0.05, 0) is 24.6 Å². The van der Waals surface area contributed by atoms with Crippen LogP contribution < -0.4 is 4.74 Å². The van der Waals surface area contributed by atoms with Crippen LogP contribution in [0, 0.1) is 6.92 Å². The summed E-state index contributed by atoms with van der Waals surface area (Å²) in [4.78, 5) is 13.2. The van der Waals surface area contributed by atoms with Crippen LogP contribution >= 0.6 is 0 Å². The molecule has 8 heteroatoms. The molecule has 0 fully saturated rings. The van der Waals surface area contributed by atoms with E-state index in [-0.39, 0.29) is 18.4 Å². The Morgan fingerprint density at radius 1 is 0.919 bits per heavy atom. The van der Waals surface area contributed by atoms with Crippen LogP contribution in [0.15, 0.2) is 93.9 Å². The average molecular weight is 494 g/mol. The molecule has 0 bridgehead atoms. The van der Waals surface area contributed by atoms with Gasteiger partial charge in [0, 0.05) is 11.1 Å².